The third-order valence-corrected chi connectivity index (χ3v) is 4.59. The number of halogens is 1. The number of likely N-dealkylation sites (tertiary alicyclic amines) is 1. The predicted molar refractivity (Wildman–Crippen MR) is 118 cm³/mol. The molecular weight excluding hydrogens is 441 g/mol. The first kappa shape index (κ1) is 22.7. The normalized spacial score (nSPS) is 17.7. The zero-order valence-electron chi connectivity index (χ0n) is 15.9. The van der Waals surface area contributed by atoms with Gasteiger partial charge >= 0.3 is 0 Å². The van der Waals surface area contributed by atoms with Crippen molar-refractivity contribution in [3.05, 3.63) is 35.9 Å². The number of guanidine groups is 1. The van der Waals surface area contributed by atoms with Crippen molar-refractivity contribution >= 4 is 35.8 Å². The Balaban J connectivity index is 0.00000338. The lowest BCUT2D eigenvalue weighted by Crippen LogP contribution is -2.48. The minimum Gasteiger partial charge on any atom is -0.370 e. The topological polar surface area (TPSA) is 74.0 Å². The third kappa shape index (κ3) is 7.90. The van der Waals surface area contributed by atoms with Crippen molar-refractivity contribution in [3.63, 3.8) is 0 Å². The van der Waals surface area contributed by atoms with Crippen LogP contribution in [0.2, 0.25) is 0 Å². The summed E-state index contributed by atoms with van der Waals surface area (Å²) in [4.78, 5) is 20.1. The Morgan fingerprint density at radius 3 is 2.77 bits per heavy atom. The molecule has 1 aromatic carbocycles. The number of primary amides is 1. The molecule has 146 valence electrons. The lowest BCUT2D eigenvalue weighted by Gasteiger charge is -2.34. The van der Waals surface area contributed by atoms with Crippen LogP contribution in [0.15, 0.2) is 35.3 Å². The molecule has 1 aliphatic heterocycles. The highest BCUT2D eigenvalue weighted by Gasteiger charge is 2.23. The number of likely N-dealkylation sites (N-methyl/N-ethyl adjacent to an activating group) is 1. The summed E-state index contributed by atoms with van der Waals surface area (Å²) in [5.74, 6) is 1.05. The van der Waals surface area contributed by atoms with E-state index in [4.69, 9.17) is 5.73 Å². The average molecular weight is 473 g/mol. The molecule has 0 radical (unpaired) electrons. The minimum atomic E-state index is -0.211. The number of benzene rings is 1. The van der Waals surface area contributed by atoms with Crippen molar-refractivity contribution in [3.8, 4) is 0 Å². The maximum Gasteiger partial charge on any atom is 0.217 e. The Hall–Kier alpha value is -1.35. The van der Waals surface area contributed by atoms with Gasteiger partial charge < -0.3 is 20.9 Å². The van der Waals surface area contributed by atoms with Crippen molar-refractivity contribution < 1.29 is 4.79 Å². The van der Waals surface area contributed by atoms with Gasteiger partial charge in [0.2, 0.25) is 5.91 Å². The zero-order chi connectivity index (χ0) is 18.1. The Kier molecular flexibility index (Phi) is 10.6. The van der Waals surface area contributed by atoms with Gasteiger partial charge in [0.15, 0.2) is 5.96 Å². The van der Waals surface area contributed by atoms with Gasteiger partial charge in [-0.05, 0) is 31.4 Å². The van der Waals surface area contributed by atoms with Gasteiger partial charge in [-0.1, -0.05) is 30.3 Å². The van der Waals surface area contributed by atoms with Crippen LogP contribution in [0.4, 0.5) is 0 Å². The maximum absolute atomic E-state index is 11.2. The number of carbonyl (C=O) groups is 1. The van der Waals surface area contributed by atoms with E-state index in [1.54, 1.807) is 0 Å². The van der Waals surface area contributed by atoms with E-state index in [1.807, 2.05) is 13.1 Å². The number of nitrogens with one attached hydrogen (secondary N) is 1. The van der Waals surface area contributed by atoms with E-state index in [9.17, 15) is 4.79 Å². The highest BCUT2D eigenvalue weighted by atomic mass is 127. The van der Waals surface area contributed by atoms with Gasteiger partial charge in [0.05, 0.1) is 0 Å². The average Bonchev–Trinajstić information content (AvgIpc) is 2.59. The fraction of sp³-hybridized carbons (Fsp3) is 0.579. The summed E-state index contributed by atoms with van der Waals surface area (Å²) in [6.07, 6.45) is 2.61. The Labute approximate surface area is 174 Å². The van der Waals surface area contributed by atoms with Crippen molar-refractivity contribution in [2.45, 2.75) is 25.8 Å². The Morgan fingerprint density at radius 1 is 1.38 bits per heavy atom. The molecule has 0 bridgehead atoms. The number of nitrogens with two attached hydrogens (primary N) is 1. The quantitative estimate of drug-likeness (QED) is 0.361. The molecule has 1 saturated heterocycles. The summed E-state index contributed by atoms with van der Waals surface area (Å²) < 4.78 is 0. The molecule has 1 amide bonds. The highest BCUT2D eigenvalue weighted by molar-refractivity contribution is 14.0. The molecule has 0 spiro atoms. The van der Waals surface area contributed by atoms with Gasteiger partial charge in [0.1, 0.15) is 0 Å². The molecule has 0 aliphatic carbocycles. The predicted octanol–water partition coefficient (Wildman–Crippen LogP) is 1.90. The first-order valence-electron chi connectivity index (χ1n) is 9.05. The van der Waals surface area contributed by atoms with Gasteiger partial charge in [-0.15, -0.1) is 24.0 Å². The SMILES string of the molecule is CN=C(NCCN(C)Cc1ccccc1)N1CCCC(CC(N)=O)C1.I. The van der Waals surface area contributed by atoms with Gasteiger partial charge in [-0.25, -0.2) is 0 Å². The number of piperidine rings is 1. The molecule has 26 heavy (non-hydrogen) atoms. The molecule has 1 aromatic rings. The fourth-order valence-corrected chi connectivity index (χ4v) is 3.37. The van der Waals surface area contributed by atoms with Crippen molar-refractivity contribution in [1.29, 1.82) is 0 Å². The molecule has 2 rings (SSSR count). The fourth-order valence-electron chi connectivity index (χ4n) is 3.37. The van der Waals surface area contributed by atoms with Crippen LogP contribution in [-0.4, -0.2) is 61.9 Å². The number of amides is 1. The van der Waals surface area contributed by atoms with Crippen LogP contribution in [0.5, 0.6) is 0 Å². The number of rotatable bonds is 7. The molecule has 0 saturated carbocycles. The van der Waals surface area contributed by atoms with Crippen LogP contribution in [0.3, 0.4) is 0 Å². The lowest BCUT2D eigenvalue weighted by atomic mass is 9.95. The number of hydrogen-bond donors (Lipinski definition) is 2. The second-order valence-electron chi connectivity index (χ2n) is 6.82. The first-order valence-corrected chi connectivity index (χ1v) is 9.05. The molecule has 1 heterocycles. The Morgan fingerprint density at radius 2 is 2.12 bits per heavy atom. The van der Waals surface area contributed by atoms with E-state index in [-0.39, 0.29) is 29.9 Å². The first-order chi connectivity index (χ1) is 12.1. The molecule has 1 fully saturated rings. The van der Waals surface area contributed by atoms with Crippen LogP contribution >= 0.6 is 24.0 Å². The maximum atomic E-state index is 11.2. The van der Waals surface area contributed by atoms with E-state index in [0.29, 0.717) is 12.3 Å². The van der Waals surface area contributed by atoms with E-state index in [1.165, 1.54) is 5.56 Å². The zero-order valence-corrected chi connectivity index (χ0v) is 18.2. The second kappa shape index (κ2) is 12.1. The van der Waals surface area contributed by atoms with Crippen LogP contribution in [0.1, 0.15) is 24.8 Å². The van der Waals surface area contributed by atoms with Crippen LogP contribution < -0.4 is 11.1 Å². The monoisotopic (exact) mass is 473 g/mol. The molecule has 3 N–H and O–H groups in total. The van der Waals surface area contributed by atoms with Crippen LogP contribution in [0.25, 0.3) is 0 Å². The van der Waals surface area contributed by atoms with Crippen LogP contribution in [-0.2, 0) is 11.3 Å². The molecular formula is C19H32IN5O. The smallest absolute Gasteiger partial charge is 0.217 e. The summed E-state index contributed by atoms with van der Waals surface area (Å²) in [6.45, 7) is 4.54. The number of aliphatic imine (C=N–C) groups is 1. The minimum absolute atomic E-state index is 0. The molecule has 1 unspecified atom stereocenters. The molecule has 1 aliphatic rings. The summed E-state index contributed by atoms with van der Waals surface area (Å²) in [7, 11) is 3.94. The lowest BCUT2D eigenvalue weighted by molar-refractivity contribution is -0.119. The standard InChI is InChI=1S/C19H31N5O.HI/c1-21-19(24-11-6-9-17(15-24)13-18(20)25)22-10-12-23(2)14-16-7-4-3-5-8-16;/h3-5,7-8,17H,6,9-15H2,1-2H3,(H2,20,25)(H,21,22);1H. The summed E-state index contributed by atoms with van der Waals surface area (Å²) >= 11 is 0. The molecule has 1 atom stereocenters. The van der Waals surface area contributed by atoms with Gasteiger partial charge in [-0.2, -0.15) is 0 Å². The number of carbonyl (C=O) groups excluding carboxylic acids is 1. The number of nitrogens with zero attached hydrogens (tertiary/aromatic N) is 3. The van der Waals surface area contributed by atoms with E-state index in [0.717, 1.165) is 51.5 Å². The molecule has 0 aromatic heterocycles. The third-order valence-electron chi connectivity index (χ3n) is 4.59. The van der Waals surface area contributed by atoms with Crippen molar-refractivity contribution in [2.24, 2.45) is 16.6 Å². The van der Waals surface area contributed by atoms with E-state index < -0.39 is 0 Å². The van der Waals surface area contributed by atoms with Gasteiger partial charge in [-0.3, -0.25) is 9.79 Å². The summed E-state index contributed by atoms with van der Waals surface area (Å²) in [5, 5.41) is 3.45. The Bertz CT molecular complexity index is 566. The van der Waals surface area contributed by atoms with Crippen molar-refractivity contribution in [2.75, 3.05) is 40.3 Å². The van der Waals surface area contributed by atoms with E-state index in [2.05, 4.69) is 51.4 Å². The molecule has 6 nitrogen and oxygen atoms in total. The number of hydrogen-bond acceptors (Lipinski definition) is 3. The van der Waals surface area contributed by atoms with Crippen LogP contribution in [0, 0.1) is 5.92 Å². The largest absolute Gasteiger partial charge is 0.370 e. The van der Waals surface area contributed by atoms with E-state index >= 15 is 0 Å². The van der Waals surface area contributed by atoms with Gasteiger partial charge in [0.25, 0.3) is 0 Å². The second-order valence-corrected chi connectivity index (χ2v) is 6.82. The summed E-state index contributed by atoms with van der Waals surface area (Å²) in [5.41, 5.74) is 6.66. The molecule has 7 heteroatoms. The summed E-state index contributed by atoms with van der Waals surface area (Å²) in [6, 6.07) is 10.5. The van der Waals surface area contributed by atoms with Gasteiger partial charge in [0, 0.05) is 46.2 Å². The highest BCUT2D eigenvalue weighted by Crippen LogP contribution is 2.19. The van der Waals surface area contributed by atoms with Crippen molar-refractivity contribution in [1.82, 2.24) is 15.1 Å².